The van der Waals surface area contributed by atoms with Crippen molar-refractivity contribution in [1.29, 1.82) is 0 Å². The molecule has 3 rings (SSSR count). The molecule has 6 heteroatoms. The van der Waals surface area contributed by atoms with Gasteiger partial charge in [-0.1, -0.05) is 42.5 Å². The zero-order chi connectivity index (χ0) is 18.9. The minimum atomic E-state index is -0.156. The summed E-state index contributed by atoms with van der Waals surface area (Å²) >= 11 is 0. The first-order chi connectivity index (χ1) is 13.2. The molecule has 0 aliphatic carbocycles. The summed E-state index contributed by atoms with van der Waals surface area (Å²) in [5.41, 5.74) is 3.30. The third-order valence-corrected chi connectivity index (χ3v) is 4.96. The van der Waals surface area contributed by atoms with E-state index in [0.29, 0.717) is 25.1 Å². The third kappa shape index (κ3) is 7.05. The normalized spacial score (nSPS) is 14.6. The molecule has 1 aliphatic heterocycles. The zero-order valence-electron chi connectivity index (χ0n) is 16.5. The van der Waals surface area contributed by atoms with Crippen molar-refractivity contribution in [3.8, 4) is 0 Å². The second-order valence-corrected chi connectivity index (χ2v) is 6.99. The predicted octanol–water partition coefficient (Wildman–Crippen LogP) is 3.95. The van der Waals surface area contributed by atoms with Crippen molar-refractivity contribution >= 4 is 29.9 Å². The van der Waals surface area contributed by atoms with Gasteiger partial charge in [-0.25, -0.2) is 4.39 Å². The Morgan fingerprint density at radius 3 is 2.36 bits per heavy atom. The van der Waals surface area contributed by atoms with E-state index in [4.69, 9.17) is 0 Å². The first-order valence-corrected chi connectivity index (χ1v) is 9.72. The number of nitrogens with one attached hydrogen (secondary N) is 2. The molecule has 0 spiro atoms. The van der Waals surface area contributed by atoms with Crippen LogP contribution in [0.4, 0.5) is 4.39 Å². The Balaban J connectivity index is 0.00000280. The van der Waals surface area contributed by atoms with Crippen LogP contribution in [0.3, 0.4) is 0 Å². The van der Waals surface area contributed by atoms with Crippen LogP contribution in [0.1, 0.15) is 29.5 Å². The SMILES string of the molecule is CN=C(NCCc1ccccc1F)NCc1ccc(CN2CCCC2)cc1.I. The van der Waals surface area contributed by atoms with Gasteiger partial charge < -0.3 is 10.6 Å². The van der Waals surface area contributed by atoms with Crippen LogP contribution in [0.2, 0.25) is 0 Å². The van der Waals surface area contributed by atoms with Crippen molar-refractivity contribution in [3.05, 3.63) is 71.0 Å². The van der Waals surface area contributed by atoms with Gasteiger partial charge in [0.1, 0.15) is 5.82 Å². The lowest BCUT2D eigenvalue weighted by molar-refractivity contribution is 0.331. The highest BCUT2D eigenvalue weighted by atomic mass is 127. The van der Waals surface area contributed by atoms with E-state index in [1.54, 1.807) is 13.1 Å². The first-order valence-electron chi connectivity index (χ1n) is 9.72. The molecule has 1 heterocycles. The van der Waals surface area contributed by atoms with E-state index < -0.39 is 0 Å². The largest absolute Gasteiger partial charge is 0.356 e. The van der Waals surface area contributed by atoms with Crippen LogP contribution < -0.4 is 10.6 Å². The summed E-state index contributed by atoms with van der Waals surface area (Å²) in [5.74, 6) is 0.573. The number of benzene rings is 2. The van der Waals surface area contributed by atoms with Crippen molar-refractivity contribution < 1.29 is 4.39 Å². The van der Waals surface area contributed by atoms with E-state index in [-0.39, 0.29) is 29.8 Å². The Morgan fingerprint density at radius 1 is 1.00 bits per heavy atom. The van der Waals surface area contributed by atoms with E-state index in [1.807, 2.05) is 12.1 Å². The molecule has 0 bridgehead atoms. The number of guanidine groups is 1. The van der Waals surface area contributed by atoms with Crippen molar-refractivity contribution in [3.63, 3.8) is 0 Å². The molecule has 1 saturated heterocycles. The Morgan fingerprint density at radius 2 is 1.68 bits per heavy atom. The summed E-state index contributed by atoms with van der Waals surface area (Å²) in [6.07, 6.45) is 3.27. The quantitative estimate of drug-likeness (QED) is 0.347. The minimum absolute atomic E-state index is 0. The molecule has 0 unspecified atom stereocenters. The maximum atomic E-state index is 13.6. The van der Waals surface area contributed by atoms with Crippen LogP contribution in [0.5, 0.6) is 0 Å². The van der Waals surface area contributed by atoms with Gasteiger partial charge in [-0.05, 0) is 55.1 Å². The van der Waals surface area contributed by atoms with Gasteiger partial charge in [-0.2, -0.15) is 0 Å². The number of halogens is 2. The van der Waals surface area contributed by atoms with Gasteiger partial charge >= 0.3 is 0 Å². The lowest BCUT2D eigenvalue weighted by Crippen LogP contribution is -2.37. The Hall–Kier alpha value is -1.67. The van der Waals surface area contributed by atoms with Crippen LogP contribution in [-0.2, 0) is 19.5 Å². The Kier molecular flexibility index (Phi) is 9.70. The molecule has 2 N–H and O–H groups in total. The summed E-state index contributed by atoms with van der Waals surface area (Å²) in [6, 6.07) is 15.7. The number of rotatable bonds is 7. The molecule has 1 aliphatic rings. The number of hydrogen-bond acceptors (Lipinski definition) is 2. The molecule has 2 aromatic rings. The molecular formula is C22H30FIN4. The summed E-state index contributed by atoms with van der Waals surface area (Å²) in [7, 11) is 1.75. The van der Waals surface area contributed by atoms with E-state index in [9.17, 15) is 4.39 Å². The number of nitrogens with zero attached hydrogens (tertiary/aromatic N) is 2. The highest BCUT2D eigenvalue weighted by Crippen LogP contribution is 2.13. The third-order valence-electron chi connectivity index (χ3n) is 4.96. The Bertz CT molecular complexity index is 742. The van der Waals surface area contributed by atoms with Crippen LogP contribution >= 0.6 is 24.0 Å². The van der Waals surface area contributed by atoms with E-state index >= 15 is 0 Å². The molecule has 4 nitrogen and oxygen atoms in total. The lowest BCUT2D eigenvalue weighted by Gasteiger charge is -2.15. The van der Waals surface area contributed by atoms with Crippen LogP contribution in [0.25, 0.3) is 0 Å². The van der Waals surface area contributed by atoms with Gasteiger partial charge in [0.25, 0.3) is 0 Å². The summed E-state index contributed by atoms with van der Waals surface area (Å²) in [5, 5.41) is 6.55. The van der Waals surface area contributed by atoms with Crippen LogP contribution in [0.15, 0.2) is 53.5 Å². The molecule has 1 fully saturated rings. The second-order valence-electron chi connectivity index (χ2n) is 6.99. The zero-order valence-corrected chi connectivity index (χ0v) is 18.8. The van der Waals surface area contributed by atoms with Crippen molar-refractivity contribution in [2.24, 2.45) is 4.99 Å². The average Bonchev–Trinajstić information content (AvgIpc) is 3.20. The topological polar surface area (TPSA) is 39.7 Å². The molecule has 0 amide bonds. The summed E-state index contributed by atoms with van der Waals surface area (Å²) < 4.78 is 13.6. The van der Waals surface area contributed by atoms with Crippen molar-refractivity contribution in [2.45, 2.75) is 32.4 Å². The smallest absolute Gasteiger partial charge is 0.191 e. The van der Waals surface area contributed by atoms with Crippen molar-refractivity contribution in [2.75, 3.05) is 26.7 Å². The van der Waals surface area contributed by atoms with E-state index in [1.165, 1.54) is 43.1 Å². The Labute approximate surface area is 184 Å². The first kappa shape index (κ1) is 22.6. The molecular weight excluding hydrogens is 466 g/mol. The minimum Gasteiger partial charge on any atom is -0.356 e. The average molecular weight is 496 g/mol. The van der Waals surface area contributed by atoms with Gasteiger partial charge in [0, 0.05) is 26.7 Å². The fraction of sp³-hybridized carbons (Fsp3) is 0.409. The highest BCUT2D eigenvalue weighted by Gasteiger charge is 2.11. The fourth-order valence-corrected chi connectivity index (χ4v) is 3.38. The number of hydrogen-bond donors (Lipinski definition) is 2. The predicted molar refractivity (Wildman–Crippen MR) is 125 cm³/mol. The summed E-state index contributed by atoms with van der Waals surface area (Å²) in [4.78, 5) is 6.75. The maximum Gasteiger partial charge on any atom is 0.191 e. The second kappa shape index (κ2) is 12.0. The van der Waals surface area contributed by atoms with Gasteiger partial charge in [-0.15, -0.1) is 24.0 Å². The number of aliphatic imine (C=N–C) groups is 1. The molecule has 28 heavy (non-hydrogen) atoms. The van der Waals surface area contributed by atoms with Gasteiger partial charge in [-0.3, -0.25) is 9.89 Å². The van der Waals surface area contributed by atoms with Gasteiger partial charge in [0.05, 0.1) is 0 Å². The molecule has 0 aromatic heterocycles. The standard InChI is InChI=1S/C22H29FN4.HI/c1-24-22(25-13-12-20-6-2-3-7-21(20)23)26-16-18-8-10-19(11-9-18)17-27-14-4-5-15-27;/h2-3,6-11H,4-5,12-17H2,1H3,(H2,24,25,26);1H. The highest BCUT2D eigenvalue weighted by molar-refractivity contribution is 14.0. The molecule has 0 radical (unpaired) electrons. The van der Waals surface area contributed by atoms with Crippen LogP contribution in [-0.4, -0.2) is 37.5 Å². The molecule has 2 aromatic carbocycles. The monoisotopic (exact) mass is 496 g/mol. The van der Waals surface area contributed by atoms with E-state index in [0.717, 1.165) is 12.5 Å². The molecule has 0 atom stereocenters. The lowest BCUT2D eigenvalue weighted by atomic mass is 10.1. The van der Waals surface area contributed by atoms with E-state index in [2.05, 4.69) is 44.8 Å². The fourth-order valence-electron chi connectivity index (χ4n) is 3.38. The maximum absolute atomic E-state index is 13.6. The molecule has 152 valence electrons. The van der Waals surface area contributed by atoms with Crippen molar-refractivity contribution in [1.82, 2.24) is 15.5 Å². The van der Waals surface area contributed by atoms with Gasteiger partial charge in [0.15, 0.2) is 5.96 Å². The molecule has 0 saturated carbocycles. The van der Waals surface area contributed by atoms with Crippen LogP contribution in [0, 0.1) is 5.82 Å². The number of likely N-dealkylation sites (tertiary alicyclic amines) is 1. The summed E-state index contributed by atoms with van der Waals surface area (Å²) in [6.45, 7) is 4.84. The van der Waals surface area contributed by atoms with Gasteiger partial charge in [0.2, 0.25) is 0 Å².